The zero-order valence-electron chi connectivity index (χ0n) is 15.9. The van der Waals surface area contributed by atoms with E-state index >= 15 is 0 Å². The minimum atomic E-state index is -0.572. The molecule has 1 aliphatic heterocycles. The Morgan fingerprint density at radius 1 is 1.29 bits per heavy atom. The molecule has 1 saturated heterocycles. The molecular weight excluding hydrogens is 360 g/mol. The summed E-state index contributed by atoms with van der Waals surface area (Å²) in [6.07, 6.45) is 0.689. The van der Waals surface area contributed by atoms with Crippen molar-refractivity contribution >= 4 is 11.6 Å². The number of nitro benzene ring substituents is 1. The first-order valence-corrected chi connectivity index (χ1v) is 8.91. The second kappa shape index (κ2) is 8.12. The van der Waals surface area contributed by atoms with Crippen molar-refractivity contribution in [1.82, 2.24) is 4.90 Å². The third-order valence-corrected chi connectivity index (χ3v) is 4.72. The molecule has 3 rings (SSSR count). The highest BCUT2D eigenvalue weighted by Gasteiger charge is 2.33. The lowest BCUT2D eigenvalue weighted by Crippen LogP contribution is -2.34. The van der Waals surface area contributed by atoms with Crippen LogP contribution in [-0.4, -0.2) is 35.4 Å². The Balaban J connectivity index is 1.94. The summed E-state index contributed by atoms with van der Waals surface area (Å²) in [6, 6.07) is 12.0. The summed E-state index contributed by atoms with van der Waals surface area (Å²) in [7, 11) is 1.44. The summed E-state index contributed by atoms with van der Waals surface area (Å²) in [6.45, 7) is 6.44. The van der Waals surface area contributed by atoms with Crippen LogP contribution in [0.3, 0.4) is 0 Å². The number of carbonyl (C=O) groups excluding carboxylic acids is 1. The van der Waals surface area contributed by atoms with Crippen LogP contribution in [0, 0.1) is 10.1 Å². The van der Waals surface area contributed by atoms with Crippen LogP contribution in [-0.2, 0) is 6.61 Å². The number of hydrogen-bond acceptors (Lipinski definition) is 5. The van der Waals surface area contributed by atoms with Gasteiger partial charge in [0.1, 0.15) is 12.2 Å². The van der Waals surface area contributed by atoms with Gasteiger partial charge >= 0.3 is 0 Å². The zero-order chi connectivity index (χ0) is 20.3. The third-order valence-electron chi connectivity index (χ3n) is 4.72. The van der Waals surface area contributed by atoms with Crippen molar-refractivity contribution in [3.63, 3.8) is 0 Å². The number of nitro groups is 1. The molecule has 1 fully saturated rings. The maximum Gasteiger partial charge on any atom is 0.286 e. The van der Waals surface area contributed by atoms with E-state index in [0.717, 1.165) is 11.1 Å². The van der Waals surface area contributed by atoms with Crippen LogP contribution in [0.4, 0.5) is 5.69 Å². The maximum atomic E-state index is 13.0. The zero-order valence-corrected chi connectivity index (χ0v) is 15.9. The molecule has 0 bridgehead atoms. The van der Waals surface area contributed by atoms with E-state index in [-0.39, 0.29) is 35.4 Å². The van der Waals surface area contributed by atoms with Crippen LogP contribution in [0.5, 0.6) is 11.5 Å². The van der Waals surface area contributed by atoms with Crippen LogP contribution in [0.25, 0.3) is 0 Å². The molecule has 7 nitrogen and oxygen atoms in total. The van der Waals surface area contributed by atoms with E-state index in [1.165, 1.54) is 19.2 Å². The molecule has 2 aromatic carbocycles. The quantitative estimate of drug-likeness (QED) is 0.429. The second-order valence-corrected chi connectivity index (χ2v) is 6.79. The Hall–Kier alpha value is -3.35. The number of carbonyl (C=O) groups is 1. The number of ether oxygens (including phenoxy) is 2. The van der Waals surface area contributed by atoms with Gasteiger partial charge in [0.05, 0.1) is 18.1 Å². The van der Waals surface area contributed by atoms with Crippen LogP contribution in [0.2, 0.25) is 0 Å². The highest BCUT2D eigenvalue weighted by Crippen LogP contribution is 2.37. The van der Waals surface area contributed by atoms with E-state index in [2.05, 4.69) is 6.58 Å². The van der Waals surface area contributed by atoms with Gasteiger partial charge in [-0.15, -0.1) is 0 Å². The normalized spacial score (nSPS) is 16.1. The van der Waals surface area contributed by atoms with Gasteiger partial charge in [-0.1, -0.05) is 42.5 Å². The average molecular weight is 382 g/mol. The predicted molar refractivity (Wildman–Crippen MR) is 105 cm³/mol. The molecule has 146 valence electrons. The van der Waals surface area contributed by atoms with E-state index in [4.69, 9.17) is 9.47 Å². The summed E-state index contributed by atoms with van der Waals surface area (Å²) in [5.41, 5.74) is 1.52. The molecular formula is C21H22N2O5. The van der Waals surface area contributed by atoms with Crippen LogP contribution >= 0.6 is 0 Å². The largest absolute Gasteiger partial charge is 0.493 e. The van der Waals surface area contributed by atoms with Gasteiger partial charge in [0.2, 0.25) is 0 Å². The lowest BCUT2D eigenvalue weighted by atomic mass is 10.1. The van der Waals surface area contributed by atoms with Crippen LogP contribution in [0.15, 0.2) is 54.6 Å². The van der Waals surface area contributed by atoms with Gasteiger partial charge in [0, 0.05) is 18.7 Å². The van der Waals surface area contributed by atoms with Crippen molar-refractivity contribution in [3.05, 3.63) is 75.9 Å². The van der Waals surface area contributed by atoms with Crippen molar-refractivity contribution in [2.75, 3.05) is 13.7 Å². The van der Waals surface area contributed by atoms with Gasteiger partial charge in [-0.05, 0) is 18.9 Å². The van der Waals surface area contributed by atoms with E-state index in [0.29, 0.717) is 13.0 Å². The van der Waals surface area contributed by atoms with Gasteiger partial charge in [-0.3, -0.25) is 14.9 Å². The van der Waals surface area contributed by atoms with Crippen molar-refractivity contribution < 1.29 is 19.2 Å². The minimum Gasteiger partial charge on any atom is -0.493 e. The summed E-state index contributed by atoms with van der Waals surface area (Å²) in [4.78, 5) is 25.6. The Morgan fingerprint density at radius 3 is 2.57 bits per heavy atom. The van der Waals surface area contributed by atoms with Gasteiger partial charge in [0.25, 0.3) is 11.6 Å². The Morgan fingerprint density at radius 2 is 2.00 bits per heavy atom. The van der Waals surface area contributed by atoms with Gasteiger partial charge in [-0.25, -0.2) is 0 Å². The number of hydrogen-bond donors (Lipinski definition) is 0. The lowest BCUT2D eigenvalue weighted by molar-refractivity contribution is -0.385. The van der Waals surface area contributed by atoms with Crippen molar-refractivity contribution in [2.45, 2.75) is 26.0 Å². The molecule has 0 unspecified atom stereocenters. The first kappa shape index (κ1) is 19.4. The molecule has 0 saturated carbocycles. The second-order valence-electron chi connectivity index (χ2n) is 6.79. The molecule has 0 aromatic heterocycles. The molecule has 0 spiro atoms. The standard InChI is InChI=1S/C21H22N2O5/c1-14-9-15(2)22(12-14)21(24)17-10-19(27-3)20(11-18(17)23(25)26)28-13-16-7-5-4-6-8-16/h4-8,10-11,15H,1,9,12-13H2,2-3H3/t15-/m0/s1. The number of amides is 1. The molecule has 7 heteroatoms. The van der Waals surface area contributed by atoms with Crippen molar-refractivity contribution in [3.8, 4) is 11.5 Å². The minimum absolute atomic E-state index is 0.0181. The molecule has 0 N–H and O–H groups in total. The Labute approximate surface area is 163 Å². The van der Waals surface area contributed by atoms with E-state index in [1.807, 2.05) is 37.3 Å². The molecule has 1 amide bonds. The van der Waals surface area contributed by atoms with Crippen LogP contribution in [0.1, 0.15) is 29.3 Å². The first-order valence-electron chi connectivity index (χ1n) is 8.91. The fourth-order valence-electron chi connectivity index (χ4n) is 3.30. The number of likely N-dealkylation sites (tertiary alicyclic amines) is 1. The molecule has 0 aliphatic carbocycles. The maximum absolute atomic E-state index is 13.0. The fraction of sp³-hybridized carbons (Fsp3) is 0.286. The summed E-state index contributed by atoms with van der Waals surface area (Å²) in [5.74, 6) is 0.0785. The van der Waals surface area contributed by atoms with Crippen molar-refractivity contribution in [2.24, 2.45) is 0 Å². The smallest absolute Gasteiger partial charge is 0.286 e. The Kier molecular flexibility index (Phi) is 5.63. The topological polar surface area (TPSA) is 81.9 Å². The van der Waals surface area contributed by atoms with Gasteiger partial charge in [-0.2, -0.15) is 0 Å². The monoisotopic (exact) mass is 382 g/mol. The average Bonchev–Trinajstić information content (AvgIpc) is 3.03. The first-order chi connectivity index (χ1) is 13.4. The SMILES string of the molecule is C=C1C[C@H](C)N(C(=O)c2cc(OC)c(OCc3ccccc3)cc2[N+](=O)[O-])C1. The summed E-state index contributed by atoms with van der Waals surface area (Å²) < 4.78 is 11.1. The summed E-state index contributed by atoms with van der Waals surface area (Å²) in [5, 5.41) is 11.6. The van der Waals surface area contributed by atoms with Gasteiger partial charge in [0.15, 0.2) is 11.5 Å². The lowest BCUT2D eigenvalue weighted by Gasteiger charge is -2.21. The van der Waals surface area contributed by atoms with E-state index in [9.17, 15) is 14.9 Å². The summed E-state index contributed by atoms with van der Waals surface area (Å²) >= 11 is 0. The molecule has 0 radical (unpaired) electrons. The fourth-order valence-corrected chi connectivity index (χ4v) is 3.30. The molecule has 1 atom stereocenters. The number of methoxy groups -OCH3 is 1. The highest BCUT2D eigenvalue weighted by atomic mass is 16.6. The van der Waals surface area contributed by atoms with Gasteiger partial charge < -0.3 is 14.4 Å². The number of benzene rings is 2. The molecule has 1 aliphatic rings. The third kappa shape index (κ3) is 3.98. The predicted octanol–water partition coefficient (Wildman–Crippen LogP) is 3.97. The van der Waals surface area contributed by atoms with Crippen LogP contribution < -0.4 is 9.47 Å². The van der Waals surface area contributed by atoms with E-state index < -0.39 is 10.8 Å². The highest BCUT2D eigenvalue weighted by molar-refractivity contribution is 5.99. The Bertz CT molecular complexity index is 911. The van der Waals surface area contributed by atoms with E-state index in [1.54, 1.807) is 4.90 Å². The molecule has 28 heavy (non-hydrogen) atoms. The molecule has 2 aromatic rings. The number of rotatable bonds is 6. The number of nitrogens with zero attached hydrogens (tertiary/aromatic N) is 2. The molecule has 1 heterocycles. The van der Waals surface area contributed by atoms with Crippen molar-refractivity contribution in [1.29, 1.82) is 0 Å².